The number of carbonyl (C=O) groups is 1. The topological polar surface area (TPSA) is 110 Å². The maximum absolute atomic E-state index is 13.4. The zero-order valence-electron chi connectivity index (χ0n) is 15.6. The van der Waals surface area contributed by atoms with E-state index in [0.29, 0.717) is 6.54 Å². The summed E-state index contributed by atoms with van der Waals surface area (Å²) in [6.45, 7) is 0.660. The molecule has 0 fully saturated rings. The molecule has 164 valence electrons. The number of halogens is 5. The van der Waals surface area contributed by atoms with Crippen LogP contribution >= 0.6 is 24.8 Å². The lowest BCUT2D eigenvalue weighted by atomic mass is 10.1. The van der Waals surface area contributed by atoms with Crippen LogP contribution in [-0.4, -0.2) is 40.1 Å². The first kappa shape index (κ1) is 25.1. The second-order valence-corrected chi connectivity index (χ2v) is 5.79. The number of fused-ring (bicyclic) bond motifs is 1. The van der Waals surface area contributed by atoms with E-state index in [-0.39, 0.29) is 59.7 Å². The fourth-order valence-electron chi connectivity index (χ4n) is 2.60. The summed E-state index contributed by atoms with van der Waals surface area (Å²) in [5, 5.41) is 2.10. The number of rotatable bonds is 5. The molecule has 1 aromatic carbocycles. The molecular weight excluding hydrogens is 448 g/mol. The van der Waals surface area contributed by atoms with Crippen LogP contribution in [0.2, 0.25) is 0 Å². The molecule has 13 heteroatoms. The van der Waals surface area contributed by atoms with Crippen molar-refractivity contribution in [3.8, 4) is 5.75 Å². The average Bonchev–Trinajstić information content (AvgIpc) is 3.30. The molecule has 30 heavy (non-hydrogen) atoms. The standard InChI is InChI=1S/C17H17F3N6O2.2ClH/c1-22-16(21)25-15(27)12-8-10-11(17(18,19)20)2-3-13(14(10)24-12)28-7-6-26-5-4-23-9-26;;/h2-5,8-9,24H,6-7H2,1H3,(H3,21,22,25,27);2*1H. The van der Waals surface area contributed by atoms with Gasteiger partial charge in [0.05, 0.1) is 24.0 Å². The molecule has 0 aliphatic carbocycles. The van der Waals surface area contributed by atoms with Crippen molar-refractivity contribution in [2.45, 2.75) is 12.7 Å². The molecule has 0 saturated heterocycles. The van der Waals surface area contributed by atoms with Gasteiger partial charge in [-0.2, -0.15) is 13.2 Å². The summed E-state index contributed by atoms with van der Waals surface area (Å²) in [7, 11) is 1.37. The number of nitrogens with two attached hydrogens (primary N) is 1. The number of aromatic amines is 1. The number of carbonyl (C=O) groups excluding carboxylic acids is 1. The molecule has 0 bridgehead atoms. The molecule has 1 amide bonds. The lowest BCUT2D eigenvalue weighted by molar-refractivity contribution is -0.136. The quantitative estimate of drug-likeness (QED) is 0.396. The minimum atomic E-state index is -4.59. The number of nitrogens with one attached hydrogen (secondary N) is 2. The number of hydrogen-bond donors (Lipinski definition) is 3. The Hall–Kier alpha value is -2.92. The summed E-state index contributed by atoms with van der Waals surface area (Å²) >= 11 is 0. The van der Waals surface area contributed by atoms with Crippen LogP contribution < -0.4 is 15.8 Å². The maximum Gasteiger partial charge on any atom is 0.417 e. The lowest BCUT2D eigenvalue weighted by Gasteiger charge is -2.12. The minimum Gasteiger partial charge on any atom is -0.490 e. The first-order valence-corrected chi connectivity index (χ1v) is 8.14. The molecule has 0 saturated carbocycles. The average molecular weight is 467 g/mol. The van der Waals surface area contributed by atoms with Crippen LogP contribution in [0.3, 0.4) is 0 Å². The van der Waals surface area contributed by atoms with E-state index in [0.717, 1.165) is 12.1 Å². The van der Waals surface area contributed by atoms with Crippen LogP contribution in [0.25, 0.3) is 10.9 Å². The van der Waals surface area contributed by atoms with E-state index >= 15 is 0 Å². The number of imidazole rings is 1. The van der Waals surface area contributed by atoms with Gasteiger partial charge >= 0.3 is 6.18 Å². The monoisotopic (exact) mass is 466 g/mol. The molecule has 0 spiro atoms. The van der Waals surface area contributed by atoms with Crippen molar-refractivity contribution >= 4 is 47.6 Å². The number of amides is 1. The third kappa shape index (κ3) is 5.57. The Labute approximate surface area is 181 Å². The molecule has 0 atom stereocenters. The molecule has 3 rings (SSSR count). The minimum absolute atomic E-state index is 0. The van der Waals surface area contributed by atoms with Crippen molar-refractivity contribution < 1.29 is 22.7 Å². The fourth-order valence-corrected chi connectivity index (χ4v) is 2.60. The Morgan fingerprint density at radius 2 is 2.10 bits per heavy atom. The Morgan fingerprint density at radius 3 is 2.70 bits per heavy atom. The van der Waals surface area contributed by atoms with Crippen LogP contribution in [0.5, 0.6) is 5.75 Å². The molecule has 0 radical (unpaired) electrons. The molecule has 4 N–H and O–H groups in total. The van der Waals surface area contributed by atoms with Gasteiger partial charge in [-0.25, -0.2) is 4.98 Å². The van der Waals surface area contributed by atoms with E-state index in [1.165, 1.54) is 13.1 Å². The highest BCUT2D eigenvalue weighted by atomic mass is 35.5. The second kappa shape index (κ2) is 10.2. The summed E-state index contributed by atoms with van der Waals surface area (Å²) in [5.74, 6) is -0.674. The highest BCUT2D eigenvalue weighted by Gasteiger charge is 2.34. The predicted octanol–water partition coefficient (Wildman–Crippen LogP) is 2.98. The molecule has 0 aliphatic heterocycles. The van der Waals surface area contributed by atoms with Crippen LogP contribution in [-0.2, 0) is 12.7 Å². The predicted molar refractivity (Wildman–Crippen MR) is 111 cm³/mol. The Balaban J connectivity index is 0.00000225. The van der Waals surface area contributed by atoms with Crippen LogP contribution in [0.15, 0.2) is 41.9 Å². The largest absolute Gasteiger partial charge is 0.490 e. The van der Waals surface area contributed by atoms with E-state index in [4.69, 9.17) is 10.5 Å². The van der Waals surface area contributed by atoms with Gasteiger partial charge in [-0.15, -0.1) is 24.8 Å². The van der Waals surface area contributed by atoms with Gasteiger partial charge in [-0.05, 0) is 18.2 Å². The smallest absolute Gasteiger partial charge is 0.417 e. The maximum atomic E-state index is 13.4. The molecule has 3 aromatic rings. The highest BCUT2D eigenvalue weighted by molar-refractivity contribution is 6.07. The zero-order valence-corrected chi connectivity index (χ0v) is 17.2. The van der Waals surface area contributed by atoms with Gasteiger partial charge in [0.15, 0.2) is 5.96 Å². The summed E-state index contributed by atoms with van der Waals surface area (Å²) < 4.78 is 47.5. The number of hydrogen-bond acceptors (Lipinski definition) is 4. The number of H-pyrrole nitrogens is 1. The number of aromatic nitrogens is 3. The third-order valence-electron chi connectivity index (χ3n) is 3.95. The van der Waals surface area contributed by atoms with Gasteiger partial charge < -0.3 is 20.0 Å². The Morgan fingerprint density at radius 1 is 1.37 bits per heavy atom. The fraction of sp³-hybridized carbons (Fsp3) is 0.235. The van der Waals surface area contributed by atoms with E-state index in [9.17, 15) is 18.0 Å². The van der Waals surface area contributed by atoms with Gasteiger partial charge in [0.2, 0.25) is 0 Å². The van der Waals surface area contributed by atoms with E-state index in [1.54, 1.807) is 23.3 Å². The van der Waals surface area contributed by atoms with Crippen molar-refractivity contribution in [3.63, 3.8) is 0 Å². The number of nitrogens with zero attached hydrogens (tertiary/aromatic N) is 3. The molecule has 0 unspecified atom stereocenters. The molecular formula is C17H19Cl2F3N6O2. The normalized spacial score (nSPS) is 11.5. The highest BCUT2D eigenvalue weighted by Crippen LogP contribution is 2.38. The summed E-state index contributed by atoms with van der Waals surface area (Å²) in [6.07, 6.45) is 0.357. The first-order chi connectivity index (χ1) is 13.3. The third-order valence-corrected chi connectivity index (χ3v) is 3.95. The van der Waals surface area contributed by atoms with Crippen molar-refractivity contribution in [1.82, 2.24) is 19.9 Å². The summed E-state index contributed by atoms with van der Waals surface area (Å²) in [6, 6.07) is 3.25. The second-order valence-electron chi connectivity index (χ2n) is 5.79. The lowest BCUT2D eigenvalue weighted by Crippen LogP contribution is -2.36. The van der Waals surface area contributed by atoms with Gasteiger partial charge in [0, 0.05) is 24.8 Å². The zero-order chi connectivity index (χ0) is 20.3. The van der Waals surface area contributed by atoms with Gasteiger partial charge in [0.25, 0.3) is 5.91 Å². The van der Waals surface area contributed by atoms with Gasteiger partial charge in [-0.3, -0.25) is 15.1 Å². The van der Waals surface area contributed by atoms with E-state index in [2.05, 4.69) is 20.3 Å². The molecule has 2 aromatic heterocycles. The van der Waals surface area contributed by atoms with Crippen LogP contribution in [0.4, 0.5) is 13.2 Å². The Bertz CT molecular complexity index is 1020. The van der Waals surface area contributed by atoms with Crippen molar-refractivity contribution in [2.24, 2.45) is 10.7 Å². The van der Waals surface area contributed by atoms with Crippen LogP contribution in [0.1, 0.15) is 16.1 Å². The molecule has 0 aliphatic rings. The summed E-state index contributed by atoms with van der Waals surface area (Å²) in [4.78, 5) is 22.4. The first-order valence-electron chi connectivity index (χ1n) is 8.14. The molecule has 2 heterocycles. The number of guanidine groups is 1. The van der Waals surface area contributed by atoms with Crippen molar-refractivity contribution in [2.75, 3.05) is 13.7 Å². The van der Waals surface area contributed by atoms with E-state index in [1.807, 2.05) is 0 Å². The SMILES string of the molecule is CN=C(N)NC(=O)c1cc2c(C(F)(F)F)ccc(OCCn3ccnc3)c2[nH]1.Cl.Cl. The molecule has 8 nitrogen and oxygen atoms in total. The van der Waals surface area contributed by atoms with Crippen molar-refractivity contribution in [3.05, 3.63) is 48.2 Å². The summed E-state index contributed by atoms with van der Waals surface area (Å²) in [5.41, 5.74) is 4.53. The van der Waals surface area contributed by atoms with Gasteiger partial charge in [0.1, 0.15) is 18.1 Å². The van der Waals surface area contributed by atoms with Gasteiger partial charge in [-0.1, -0.05) is 0 Å². The number of ether oxygens (including phenoxy) is 1. The number of aliphatic imine (C=N–C) groups is 1. The number of alkyl halides is 3. The Kier molecular flexibility index (Phi) is 8.55. The van der Waals surface area contributed by atoms with Crippen LogP contribution in [0, 0.1) is 0 Å². The van der Waals surface area contributed by atoms with Crippen molar-refractivity contribution in [1.29, 1.82) is 0 Å². The van der Waals surface area contributed by atoms with E-state index < -0.39 is 17.6 Å². The number of benzene rings is 1.